The molecule has 0 aromatic heterocycles. The lowest BCUT2D eigenvalue weighted by atomic mass is 10.0. The number of nitrogens with one attached hydrogen (secondary N) is 1. The molecule has 0 bridgehead atoms. The zero-order chi connectivity index (χ0) is 44.2. The van der Waals surface area contributed by atoms with Gasteiger partial charge in [-0.3, -0.25) is 4.79 Å². The smallest absolute Gasteiger partial charge is 0.220 e. The number of hydrogen-bond donors (Lipinski definition) is 3. The molecule has 0 radical (unpaired) electrons. The molecule has 1 amide bonds. The largest absolute Gasteiger partial charge is 0.394 e. The van der Waals surface area contributed by atoms with Crippen LogP contribution in [0.4, 0.5) is 0 Å². The maximum Gasteiger partial charge on any atom is 0.220 e. The maximum absolute atomic E-state index is 12.4. The highest BCUT2D eigenvalue weighted by Gasteiger charge is 2.18. The second-order valence-corrected chi connectivity index (χ2v) is 17.9. The van der Waals surface area contributed by atoms with Crippen LogP contribution in [0.25, 0.3) is 0 Å². The van der Waals surface area contributed by atoms with Crippen LogP contribution in [0.2, 0.25) is 0 Å². The van der Waals surface area contributed by atoms with Gasteiger partial charge in [0.05, 0.1) is 18.8 Å². The van der Waals surface area contributed by atoms with Crippen molar-refractivity contribution in [2.24, 2.45) is 0 Å². The molecule has 0 aromatic rings. The summed E-state index contributed by atoms with van der Waals surface area (Å²) in [7, 11) is 0. The fourth-order valence-corrected chi connectivity index (χ4v) is 7.91. The second-order valence-electron chi connectivity index (χ2n) is 17.9. The summed E-state index contributed by atoms with van der Waals surface area (Å²) in [6.45, 7) is 4.21. The molecule has 0 saturated carbocycles. The summed E-state index contributed by atoms with van der Waals surface area (Å²) >= 11 is 0. The van der Waals surface area contributed by atoms with Crippen LogP contribution in [0.3, 0.4) is 0 Å². The molecule has 2 atom stereocenters. The van der Waals surface area contributed by atoms with E-state index in [9.17, 15) is 15.0 Å². The molecule has 2 unspecified atom stereocenters. The zero-order valence-corrected chi connectivity index (χ0v) is 40.7. The summed E-state index contributed by atoms with van der Waals surface area (Å²) in [6.07, 6.45) is 74.8. The standard InChI is InChI=1S/C57H103NO3/c1-3-5-7-9-11-13-15-17-19-21-22-23-24-25-26-27-28-29-30-31-32-33-34-35-36-37-39-41-43-45-47-49-51-53-57(61)58-55(54-59)56(60)52-50-48-46-44-42-40-38-20-18-16-14-12-10-8-6-4-2/h5,7,11,13,17,19,22-23,25-26,50,52,55-56,59-60H,3-4,6,8-10,12,14-16,18,20-21,24,27-49,51,53-54H2,1-2H3,(H,58,61)/b7-5-,13-11-,19-17-,23-22-,26-25-,52-50+. The number of allylic oxidation sites excluding steroid dienone is 11. The first-order valence-electron chi connectivity index (χ1n) is 26.7. The van der Waals surface area contributed by atoms with Gasteiger partial charge >= 0.3 is 0 Å². The van der Waals surface area contributed by atoms with Crippen molar-refractivity contribution in [2.75, 3.05) is 6.61 Å². The first kappa shape index (κ1) is 58.8. The molecule has 3 N–H and O–H groups in total. The van der Waals surface area contributed by atoms with Crippen molar-refractivity contribution < 1.29 is 15.0 Å². The number of aliphatic hydroxyl groups excluding tert-OH is 2. The summed E-state index contributed by atoms with van der Waals surface area (Å²) < 4.78 is 0. The van der Waals surface area contributed by atoms with Gasteiger partial charge in [0.2, 0.25) is 5.91 Å². The summed E-state index contributed by atoms with van der Waals surface area (Å²) in [5.74, 6) is -0.0634. The Balaban J connectivity index is 3.49. The molecule has 0 aliphatic rings. The molecule has 0 rings (SSSR count). The Morgan fingerprint density at radius 1 is 0.410 bits per heavy atom. The van der Waals surface area contributed by atoms with E-state index in [0.717, 1.165) is 57.8 Å². The van der Waals surface area contributed by atoms with E-state index in [0.29, 0.717) is 6.42 Å². The van der Waals surface area contributed by atoms with E-state index in [-0.39, 0.29) is 12.5 Å². The molecule has 0 aliphatic carbocycles. The highest BCUT2D eigenvalue weighted by molar-refractivity contribution is 5.76. The Kier molecular flexibility index (Phi) is 50.3. The van der Waals surface area contributed by atoms with Crippen LogP contribution in [0.1, 0.15) is 264 Å². The van der Waals surface area contributed by atoms with Crippen LogP contribution in [-0.4, -0.2) is 34.9 Å². The normalized spacial score (nSPS) is 13.4. The third kappa shape index (κ3) is 48.7. The molecule has 0 heterocycles. The topological polar surface area (TPSA) is 69.6 Å². The first-order chi connectivity index (χ1) is 30.2. The number of rotatable bonds is 48. The van der Waals surface area contributed by atoms with Gasteiger partial charge in [-0.25, -0.2) is 0 Å². The highest BCUT2D eigenvalue weighted by atomic mass is 16.3. The second kappa shape index (κ2) is 52.2. The Morgan fingerprint density at radius 3 is 1.08 bits per heavy atom. The molecular formula is C57H103NO3. The molecule has 0 fully saturated rings. The Bertz CT molecular complexity index is 1050. The van der Waals surface area contributed by atoms with E-state index in [1.165, 1.54) is 186 Å². The molecule has 354 valence electrons. The van der Waals surface area contributed by atoms with Gasteiger partial charge in [0.1, 0.15) is 0 Å². The number of amides is 1. The van der Waals surface area contributed by atoms with E-state index in [2.05, 4.69) is 79.9 Å². The number of aliphatic hydroxyl groups is 2. The average molecular weight is 850 g/mol. The SMILES string of the molecule is CC/C=C\C/C=C\C/C=C\C/C=C\C/C=C\CCCCCCCCCCCCCCCCCCCC(=O)NC(CO)C(O)/C=C/CCCCCCCCCCCCCCCC. The van der Waals surface area contributed by atoms with Crippen LogP contribution >= 0.6 is 0 Å². The van der Waals surface area contributed by atoms with Crippen molar-refractivity contribution in [2.45, 2.75) is 276 Å². The predicted octanol–water partition coefficient (Wildman–Crippen LogP) is 17.4. The minimum absolute atomic E-state index is 0.0634. The maximum atomic E-state index is 12.4. The van der Waals surface area contributed by atoms with Crippen molar-refractivity contribution >= 4 is 5.91 Å². The third-order valence-electron chi connectivity index (χ3n) is 11.9. The van der Waals surface area contributed by atoms with Gasteiger partial charge in [-0.15, -0.1) is 0 Å². The van der Waals surface area contributed by atoms with E-state index < -0.39 is 12.1 Å². The molecular weight excluding hydrogens is 747 g/mol. The summed E-state index contributed by atoms with van der Waals surface area (Å²) in [6, 6.07) is -0.623. The Hall–Kier alpha value is -2.17. The van der Waals surface area contributed by atoms with E-state index in [1.807, 2.05) is 6.08 Å². The quantitative estimate of drug-likeness (QED) is 0.0422. The van der Waals surface area contributed by atoms with Crippen molar-refractivity contribution in [3.8, 4) is 0 Å². The lowest BCUT2D eigenvalue weighted by Gasteiger charge is -2.20. The minimum atomic E-state index is -0.840. The van der Waals surface area contributed by atoms with Gasteiger partial charge in [0, 0.05) is 6.42 Å². The summed E-state index contributed by atoms with van der Waals surface area (Å²) in [4.78, 5) is 12.4. The van der Waals surface area contributed by atoms with Crippen LogP contribution in [0, 0.1) is 0 Å². The van der Waals surface area contributed by atoms with E-state index in [4.69, 9.17) is 0 Å². The van der Waals surface area contributed by atoms with Crippen LogP contribution in [-0.2, 0) is 4.79 Å². The lowest BCUT2D eigenvalue weighted by molar-refractivity contribution is -0.123. The number of hydrogen-bond acceptors (Lipinski definition) is 3. The van der Waals surface area contributed by atoms with Crippen molar-refractivity contribution in [3.63, 3.8) is 0 Å². The summed E-state index contributed by atoms with van der Waals surface area (Å²) in [5, 5.41) is 23.1. The van der Waals surface area contributed by atoms with Gasteiger partial charge in [-0.05, 0) is 64.2 Å². The van der Waals surface area contributed by atoms with E-state index in [1.54, 1.807) is 6.08 Å². The van der Waals surface area contributed by atoms with Gasteiger partial charge in [0.15, 0.2) is 0 Å². The van der Waals surface area contributed by atoms with Gasteiger partial charge < -0.3 is 15.5 Å². The molecule has 0 aromatic carbocycles. The van der Waals surface area contributed by atoms with Crippen LogP contribution < -0.4 is 5.32 Å². The van der Waals surface area contributed by atoms with Crippen molar-refractivity contribution in [3.05, 3.63) is 72.9 Å². The molecule has 4 nitrogen and oxygen atoms in total. The van der Waals surface area contributed by atoms with Gasteiger partial charge in [-0.2, -0.15) is 0 Å². The molecule has 0 spiro atoms. The van der Waals surface area contributed by atoms with Crippen LogP contribution in [0.15, 0.2) is 72.9 Å². The van der Waals surface area contributed by atoms with Crippen molar-refractivity contribution in [1.29, 1.82) is 0 Å². The average Bonchev–Trinajstić information content (AvgIpc) is 3.26. The number of carbonyl (C=O) groups is 1. The molecule has 61 heavy (non-hydrogen) atoms. The molecule has 0 saturated heterocycles. The fourth-order valence-electron chi connectivity index (χ4n) is 7.91. The lowest BCUT2D eigenvalue weighted by Crippen LogP contribution is -2.45. The third-order valence-corrected chi connectivity index (χ3v) is 11.9. The zero-order valence-electron chi connectivity index (χ0n) is 40.7. The molecule has 4 heteroatoms. The van der Waals surface area contributed by atoms with Gasteiger partial charge in [0.25, 0.3) is 0 Å². The Morgan fingerprint density at radius 2 is 0.721 bits per heavy atom. The minimum Gasteiger partial charge on any atom is -0.394 e. The number of unbranched alkanes of at least 4 members (excludes halogenated alkanes) is 31. The monoisotopic (exact) mass is 850 g/mol. The predicted molar refractivity (Wildman–Crippen MR) is 271 cm³/mol. The van der Waals surface area contributed by atoms with Gasteiger partial charge in [-0.1, -0.05) is 267 Å². The van der Waals surface area contributed by atoms with Crippen molar-refractivity contribution in [1.82, 2.24) is 5.32 Å². The van der Waals surface area contributed by atoms with Crippen LogP contribution in [0.5, 0.6) is 0 Å². The number of carbonyl (C=O) groups excluding carboxylic acids is 1. The summed E-state index contributed by atoms with van der Waals surface area (Å²) in [5.41, 5.74) is 0. The Labute approximate surface area is 380 Å². The first-order valence-corrected chi connectivity index (χ1v) is 26.7. The fraction of sp³-hybridized carbons (Fsp3) is 0.772. The van der Waals surface area contributed by atoms with E-state index >= 15 is 0 Å². The highest BCUT2D eigenvalue weighted by Crippen LogP contribution is 2.16. The molecule has 0 aliphatic heterocycles.